The Morgan fingerprint density at radius 2 is 1.79 bits per heavy atom. The molecule has 5 rings (SSSR count). The first-order chi connectivity index (χ1) is 15.8. The number of nitrogens with one attached hydrogen (secondary N) is 1. The molecule has 33 heavy (non-hydrogen) atoms. The molecule has 2 amide bonds. The molecule has 3 aliphatic rings. The predicted octanol–water partition coefficient (Wildman–Crippen LogP) is 2.41. The van der Waals surface area contributed by atoms with Gasteiger partial charge in [-0.3, -0.25) is 9.59 Å². The monoisotopic (exact) mass is 486 g/mol. The number of carbonyl (C=O) groups excluding carboxylic acids is 2. The molecule has 172 valence electrons. The average Bonchev–Trinajstić information content (AvgIpc) is 3.38. The summed E-state index contributed by atoms with van der Waals surface area (Å²) in [4.78, 5) is 30.5. The van der Waals surface area contributed by atoms with Gasteiger partial charge in [0.25, 0.3) is 0 Å². The first kappa shape index (κ1) is 22.1. The van der Waals surface area contributed by atoms with Crippen LogP contribution < -0.4 is 5.32 Å². The largest absolute Gasteiger partial charge is 0.338 e. The van der Waals surface area contributed by atoms with Crippen molar-refractivity contribution in [2.24, 2.45) is 11.8 Å². The molecule has 0 saturated carbocycles. The maximum Gasteiger partial charge on any atom is 0.246 e. The lowest BCUT2D eigenvalue weighted by molar-refractivity contribution is -0.125. The van der Waals surface area contributed by atoms with E-state index in [1.807, 2.05) is 6.07 Å². The zero-order valence-corrected chi connectivity index (χ0v) is 19.3. The van der Waals surface area contributed by atoms with E-state index in [-0.39, 0.29) is 28.5 Å². The molecule has 0 aliphatic carbocycles. The van der Waals surface area contributed by atoms with Crippen LogP contribution in [0.15, 0.2) is 47.5 Å². The number of anilines is 1. The van der Waals surface area contributed by atoms with E-state index in [0.717, 1.165) is 11.1 Å². The van der Waals surface area contributed by atoms with Gasteiger partial charge in [0.05, 0.1) is 4.90 Å². The van der Waals surface area contributed by atoms with Crippen molar-refractivity contribution in [3.05, 3.63) is 58.8 Å². The van der Waals surface area contributed by atoms with Crippen LogP contribution in [0.1, 0.15) is 17.5 Å². The van der Waals surface area contributed by atoms with Gasteiger partial charge < -0.3 is 10.2 Å². The molecule has 1 aromatic heterocycles. The van der Waals surface area contributed by atoms with E-state index in [0.29, 0.717) is 49.9 Å². The number of aryl methyl sites for hydroxylation is 1. The zero-order chi connectivity index (χ0) is 23.2. The van der Waals surface area contributed by atoms with Gasteiger partial charge in [-0.05, 0) is 65.8 Å². The van der Waals surface area contributed by atoms with Gasteiger partial charge in [0.15, 0.2) is 0 Å². The lowest BCUT2D eigenvalue weighted by Gasteiger charge is -2.21. The Morgan fingerprint density at radius 1 is 1.09 bits per heavy atom. The van der Waals surface area contributed by atoms with Gasteiger partial charge in [0.1, 0.15) is 5.82 Å². The summed E-state index contributed by atoms with van der Waals surface area (Å²) in [6.07, 6.45) is 5.97. The number of carbonyl (C=O) groups is 2. The highest BCUT2D eigenvalue weighted by Crippen LogP contribution is 2.34. The van der Waals surface area contributed by atoms with Gasteiger partial charge in [-0.25, -0.2) is 13.4 Å². The van der Waals surface area contributed by atoms with Crippen LogP contribution in [0.4, 0.5) is 5.82 Å². The molecule has 0 radical (unpaired) electrons. The van der Waals surface area contributed by atoms with E-state index in [4.69, 9.17) is 11.6 Å². The maximum atomic E-state index is 12.9. The molecule has 2 saturated heterocycles. The van der Waals surface area contributed by atoms with Gasteiger partial charge in [-0.15, -0.1) is 0 Å². The Kier molecular flexibility index (Phi) is 5.72. The van der Waals surface area contributed by atoms with Crippen LogP contribution in [-0.4, -0.2) is 60.6 Å². The van der Waals surface area contributed by atoms with Crippen LogP contribution in [0.5, 0.6) is 0 Å². The van der Waals surface area contributed by atoms with Crippen LogP contribution in [0.25, 0.3) is 6.08 Å². The first-order valence-corrected chi connectivity index (χ1v) is 12.6. The lowest BCUT2D eigenvalue weighted by atomic mass is 10.0. The molecule has 1 aromatic carbocycles. The number of likely N-dealkylation sites (tertiary alicyclic amines) is 1. The SMILES string of the molecule is O=C1CCc2cc(C=CC(=O)N3C[C@@H]4CN(S(=O)(=O)c5ccc(Cl)cc5)C[C@@H]4C3)cnc2N1. The Morgan fingerprint density at radius 3 is 2.48 bits per heavy atom. The van der Waals surface area contributed by atoms with Crippen molar-refractivity contribution in [1.29, 1.82) is 0 Å². The topological polar surface area (TPSA) is 99.7 Å². The molecule has 0 bridgehead atoms. The van der Waals surface area contributed by atoms with E-state index in [1.165, 1.54) is 22.5 Å². The van der Waals surface area contributed by atoms with Crippen molar-refractivity contribution in [2.45, 2.75) is 17.7 Å². The van der Waals surface area contributed by atoms with Crippen molar-refractivity contribution < 1.29 is 18.0 Å². The number of fused-ring (bicyclic) bond motifs is 2. The van der Waals surface area contributed by atoms with Crippen molar-refractivity contribution in [3.63, 3.8) is 0 Å². The summed E-state index contributed by atoms with van der Waals surface area (Å²) in [5, 5.41) is 3.24. The van der Waals surface area contributed by atoms with E-state index >= 15 is 0 Å². The number of hydrogen-bond donors (Lipinski definition) is 1. The highest BCUT2D eigenvalue weighted by molar-refractivity contribution is 7.89. The molecule has 0 unspecified atom stereocenters. The number of halogens is 1. The lowest BCUT2D eigenvalue weighted by Crippen LogP contribution is -2.35. The number of pyridine rings is 1. The standard InChI is InChI=1S/C23H23ClN4O4S/c24-19-3-5-20(6-4-19)33(31,32)28-13-17-11-27(12-18(17)14-28)22(30)8-1-15-9-16-2-7-21(29)26-23(16)25-10-15/h1,3-6,8-10,17-18H,2,7,11-14H2,(H,25,26,29)/t17-,18+. The van der Waals surface area contributed by atoms with E-state index in [2.05, 4.69) is 10.3 Å². The molecular weight excluding hydrogens is 464 g/mol. The number of hydrogen-bond acceptors (Lipinski definition) is 5. The second-order valence-corrected chi connectivity index (χ2v) is 11.1. The summed E-state index contributed by atoms with van der Waals surface area (Å²) in [5.41, 5.74) is 1.76. The zero-order valence-electron chi connectivity index (χ0n) is 17.8. The smallest absolute Gasteiger partial charge is 0.246 e. The Hall–Kier alpha value is -2.75. The van der Waals surface area contributed by atoms with Gasteiger partial charge >= 0.3 is 0 Å². The van der Waals surface area contributed by atoms with Crippen LogP contribution in [0, 0.1) is 11.8 Å². The third-order valence-corrected chi connectivity index (χ3v) is 8.60. The second-order valence-electron chi connectivity index (χ2n) is 8.70. The molecule has 3 aliphatic heterocycles. The summed E-state index contributed by atoms with van der Waals surface area (Å²) in [6.45, 7) is 1.89. The number of benzene rings is 1. The second kappa shape index (κ2) is 8.55. The third-order valence-electron chi connectivity index (χ3n) is 6.50. The van der Waals surface area contributed by atoms with Gasteiger partial charge in [0, 0.05) is 49.9 Å². The Bertz CT molecular complexity index is 1230. The third kappa shape index (κ3) is 4.40. The van der Waals surface area contributed by atoms with E-state index in [1.54, 1.807) is 29.3 Å². The fourth-order valence-corrected chi connectivity index (χ4v) is 6.40. The molecule has 2 aromatic rings. The number of sulfonamides is 1. The maximum absolute atomic E-state index is 12.9. The van der Waals surface area contributed by atoms with Crippen molar-refractivity contribution in [2.75, 3.05) is 31.5 Å². The fourth-order valence-electron chi connectivity index (χ4n) is 4.72. The van der Waals surface area contributed by atoms with Crippen LogP contribution in [0.3, 0.4) is 0 Å². The molecule has 0 spiro atoms. The molecule has 1 N–H and O–H groups in total. The molecule has 10 heteroatoms. The Balaban J connectivity index is 1.20. The van der Waals surface area contributed by atoms with E-state index < -0.39 is 10.0 Å². The van der Waals surface area contributed by atoms with Gasteiger partial charge in [-0.2, -0.15) is 4.31 Å². The summed E-state index contributed by atoms with van der Waals surface area (Å²) >= 11 is 5.88. The number of nitrogens with zero attached hydrogens (tertiary/aromatic N) is 3. The summed E-state index contributed by atoms with van der Waals surface area (Å²) in [5.74, 6) is 0.701. The first-order valence-electron chi connectivity index (χ1n) is 10.8. The predicted molar refractivity (Wildman–Crippen MR) is 124 cm³/mol. The summed E-state index contributed by atoms with van der Waals surface area (Å²) in [7, 11) is -3.57. The Labute approximate surface area is 197 Å². The number of amides is 2. The van der Waals surface area contributed by atoms with Crippen LogP contribution in [0.2, 0.25) is 5.02 Å². The minimum Gasteiger partial charge on any atom is -0.338 e. The molecule has 2 fully saturated rings. The minimum absolute atomic E-state index is 0.0346. The minimum atomic E-state index is -3.57. The number of rotatable bonds is 4. The summed E-state index contributed by atoms with van der Waals surface area (Å²) in [6, 6.07) is 8.13. The van der Waals surface area contributed by atoms with Crippen LogP contribution in [-0.2, 0) is 26.0 Å². The van der Waals surface area contributed by atoms with Crippen molar-refractivity contribution >= 4 is 45.3 Å². The highest BCUT2D eigenvalue weighted by atomic mass is 35.5. The van der Waals surface area contributed by atoms with Gasteiger partial charge in [-0.1, -0.05) is 11.6 Å². The molecular formula is C23H23ClN4O4S. The highest BCUT2D eigenvalue weighted by Gasteiger charge is 2.45. The summed E-state index contributed by atoms with van der Waals surface area (Å²) < 4.78 is 27.4. The molecule has 2 atom stereocenters. The van der Waals surface area contributed by atoms with Crippen LogP contribution >= 0.6 is 11.6 Å². The van der Waals surface area contributed by atoms with Crippen molar-refractivity contribution in [3.8, 4) is 0 Å². The molecule has 8 nitrogen and oxygen atoms in total. The normalized spacial score (nSPS) is 22.9. The van der Waals surface area contributed by atoms with Crippen molar-refractivity contribution in [1.82, 2.24) is 14.2 Å². The average molecular weight is 487 g/mol. The quantitative estimate of drug-likeness (QED) is 0.669. The number of aromatic nitrogens is 1. The van der Waals surface area contributed by atoms with E-state index in [9.17, 15) is 18.0 Å². The molecule has 4 heterocycles. The van der Waals surface area contributed by atoms with Gasteiger partial charge in [0.2, 0.25) is 21.8 Å². The fraction of sp³-hybridized carbons (Fsp3) is 0.348.